The smallest absolute Gasteiger partial charge is 0.0926 e. The Bertz CT molecular complexity index is 709. The van der Waals surface area contributed by atoms with Crippen LogP contribution in [0, 0.1) is 12.8 Å². The van der Waals surface area contributed by atoms with E-state index in [1.54, 1.807) is 0 Å². The van der Waals surface area contributed by atoms with Gasteiger partial charge in [0.1, 0.15) is 0 Å². The van der Waals surface area contributed by atoms with E-state index in [1.807, 2.05) is 17.7 Å². The van der Waals surface area contributed by atoms with Crippen LogP contribution in [0.25, 0.3) is 0 Å². The number of piperidine rings is 1. The highest BCUT2D eigenvalue weighted by Crippen LogP contribution is 2.42. The van der Waals surface area contributed by atoms with E-state index in [-0.39, 0.29) is 5.54 Å². The van der Waals surface area contributed by atoms with Crippen molar-refractivity contribution in [2.24, 2.45) is 5.92 Å². The van der Waals surface area contributed by atoms with E-state index in [0.29, 0.717) is 5.92 Å². The highest BCUT2D eigenvalue weighted by atomic mass is 32.1. The van der Waals surface area contributed by atoms with Crippen LogP contribution in [0.2, 0.25) is 0 Å². The monoisotopic (exact) mass is 358 g/mol. The van der Waals surface area contributed by atoms with Crippen LogP contribution in [0.5, 0.6) is 0 Å². The Hall–Kier alpha value is -1.17. The summed E-state index contributed by atoms with van der Waals surface area (Å²) in [7, 11) is 0. The van der Waals surface area contributed by atoms with Crippen molar-refractivity contribution in [3.05, 3.63) is 39.6 Å². The molecular formula is C20H30N4S. The lowest BCUT2D eigenvalue weighted by molar-refractivity contribution is -0.00334. The van der Waals surface area contributed by atoms with Gasteiger partial charge in [-0.3, -0.25) is 9.80 Å². The van der Waals surface area contributed by atoms with Gasteiger partial charge < -0.3 is 4.98 Å². The molecule has 4 rings (SSSR count). The van der Waals surface area contributed by atoms with Crippen LogP contribution in [-0.4, -0.2) is 45.9 Å². The molecule has 4 heterocycles. The second-order valence-electron chi connectivity index (χ2n) is 8.14. The van der Waals surface area contributed by atoms with Crippen molar-refractivity contribution in [3.8, 4) is 0 Å². The van der Waals surface area contributed by atoms with E-state index in [2.05, 4.69) is 47.7 Å². The fourth-order valence-corrected chi connectivity index (χ4v) is 5.59. The van der Waals surface area contributed by atoms with Crippen LogP contribution in [0.3, 0.4) is 0 Å². The molecule has 136 valence electrons. The molecule has 0 bridgehead atoms. The predicted octanol–water partition coefficient (Wildman–Crippen LogP) is 3.79. The molecule has 2 aromatic heterocycles. The molecule has 1 fully saturated rings. The van der Waals surface area contributed by atoms with Crippen molar-refractivity contribution in [2.45, 2.75) is 52.1 Å². The van der Waals surface area contributed by atoms with Gasteiger partial charge in [0, 0.05) is 54.6 Å². The molecule has 0 unspecified atom stereocenters. The molecule has 4 nitrogen and oxygen atoms in total. The number of aryl methyl sites for hydroxylation is 1. The standard InChI is InChI=1S/C20H30N4S/c1-15(2)12-24-9-6-18-19(22-14-21-18)20(24)7-10-23(11-8-20)13-17-5-4-16(3)25-17/h4-5,14-15H,6-13H2,1-3H3,(H,21,22). The summed E-state index contributed by atoms with van der Waals surface area (Å²) < 4.78 is 0. The number of hydrogen-bond donors (Lipinski definition) is 1. The Labute approximate surface area is 155 Å². The van der Waals surface area contributed by atoms with Gasteiger partial charge in [-0.25, -0.2) is 4.98 Å². The molecule has 1 N–H and O–H groups in total. The second-order valence-corrected chi connectivity index (χ2v) is 9.51. The number of rotatable bonds is 4. The van der Waals surface area contributed by atoms with Crippen molar-refractivity contribution in [3.63, 3.8) is 0 Å². The Morgan fingerprint density at radius 1 is 1.24 bits per heavy atom. The number of nitrogens with one attached hydrogen (secondary N) is 1. The first kappa shape index (κ1) is 17.3. The normalized spacial score (nSPS) is 21.1. The van der Waals surface area contributed by atoms with Gasteiger partial charge in [0.05, 0.1) is 17.6 Å². The maximum atomic E-state index is 4.79. The summed E-state index contributed by atoms with van der Waals surface area (Å²) in [5.41, 5.74) is 2.87. The minimum atomic E-state index is 0.152. The zero-order valence-corrected chi connectivity index (χ0v) is 16.5. The summed E-state index contributed by atoms with van der Waals surface area (Å²) in [6.45, 7) is 12.6. The van der Waals surface area contributed by atoms with Crippen LogP contribution in [-0.2, 0) is 18.5 Å². The van der Waals surface area contributed by atoms with Crippen molar-refractivity contribution < 1.29 is 0 Å². The van der Waals surface area contributed by atoms with Crippen molar-refractivity contribution in [1.29, 1.82) is 0 Å². The van der Waals surface area contributed by atoms with Crippen molar-refractivity contribution in [1.82, 2.24) is 19.8 Å². The van der Waals surface area contributed by atoms with Crippen molar-refractivity contribution >= 4 is 11.3 Å². The summed E-state index contributed by atoms with van der Waals surface area (Å²) in [6.07, 6.45) is 5.41. The van der Waals surface area contributed by atoms with Gasteiger partial charge in [-0.2, -0.15) is 0 Å². The lowest BCUT2D eigenvalue weighted by Crippen LogP contribution is -2.57. The Morgan fingerprint density at radius 3 is 2.72 bits per heavy atom. The zero-order valence-electron chi connectivity index (χ0n) is 15.7. The molecule has 0 radical (unpaired) electrons. The molecule has 0 amide bonds. The van der Waals surface area contributed by atoms with Gasteiger partial charge in [0.2, 0.25) is 0 Å². The highest BCUT2D eigenvalue weighted by Gasteiger charge is 2.46. The van der Waals surface area contributed by atoms with Gasteiger partial charge in [-0.15, -0.1) is 11.3 Å². The molecule has 25 heavy (non-hydrogen) atoms. The number of likely N-dealkylation sites (tertiary alicyclic amines) is 1. The van der Waals surface area contributed by atoms with Crippen LogP contribution >= 0.6 is 11.3 Å². The van der Waals surface area contributed by atoms with Crippen LogP contribution < -0.4 is 0 Å². The molecule has 5 heteroatoms. The molecule has 0 aromatic carbocycles. The largest absolute Gasteiger partial charge is 0.348 e. The van der Waals surface area contributed by atoms with Gasteiger partial charge in [0.25, 0.3) is 0 Å². The van der Waals surface area contributed by atoms with E-state index in [4.69, 9.17) is 4.98 Å². The first-order chi connectivity index (χ1) is 12.1. The topological polar surface area (TPSA) is 35.2 Å². The first-order valence-corrected chi connectivity index (χ1v) is 10.4. The fourth-order valence-electron chi connectivity index (χ4n) is 4.65. The predicted molar refractivity (Wildman–Crippen MR) is 104 cm³/mol. The summed E-state index contributed by atoms with van der Waals surface area (Å²) >= 11 is 1.94. The van der Waals surface area contributed by atoms with Gasteiger partial charge >= 0.3 is 0 Å². The second kappa shape index (κ2) is 6.86. The molecule has 0 aliphatic carbocycles. The number of thiophene rings is 1. The van der Waals surface area contributed by atoms with Crippen LogP contribution in [0.4, 0.5) is 0 Å². The minimum Gasteiger partial charge on any atom is -0.348 e. The van der Waals surface area contributed by atoms with Crippen LogP contribution in [0.1, 0.15) is 47.8 Å². The number of hydrogen-bond acceptors (Lipinski definition) is 4. The average Bonchev–Trinajstić information content (AvgIpc) is 3.21. The molecule has 0 saturated carbocycles. The third kappa shape index (κ3) is 3.29. The Kier molecular flexibility index (Phi) is 4.73. The van der Waals surface area contributed by atoms with E-state index in [1.165, 1.54) is 40.5 Å². The Balaban J connectivity index is 1.52. The van der Waals surface area contributed by atoms with E-state index in [9.17, 15) is 0 Å². The quantitative estimate of drug-likeness (QED) is 0.903. The number of fused-ring (bicyclic) bond motifs is 2. The molecule has 0 atom stereocenters. The van der Waals surface area contributed by atoms with Gasteiger partial charge in [-0.1, -0.05) is 13.8 Å². The molecule has 2 aromatic rings. The number of aromatic nitrogens is 2. The molecule has 1 saturated heterocycles. The van der Waals surface area contributed by atoms with Crippen molar-refractivity contribution in [2.75, 3.05) is 26.2 Å². The SMILES string of the molecule is Cc1ccc(CN2CCC3(CC2)c2nc[nH]c2CCN3CC(C)C)s1. The minimum absolute atomic E-state index is 0.152. The number of aromatic amines is 1. The number of H-pyrrole nitrogens is 1. The third-order valence-corrected chi connectivity index (χ3v) is 6.83. The maximum Gasteiger partial charge on any atom is 0.0926 e. The fraction of sp³-hybridized carbons (Fsp3) is 0.650. The van der Waals surface area contributed by atoms with Gasteiger partial charge in [0.15, 0.2) is 0 Å². The van der Waals surface area contributed by atoms with E-state index < -0.39 is 0 Å². The molecule has 2 aliphatic heterocycles. The molecule has 2 aliphatic rings. The Morgan fingerprint density at radius 2 is 2.04 bits per heavy atom. The summed E-state index contributed by atoms with van der Waals surface area (Å²) in [5, 5.41) is 0. The highest BCUT2D eigenvalue weighted by molar-refractivity contribution is 7.11. The number of imidazole rings is 1. The molecule has 1 spiro atoms. The van der Waals surface area contributed by atoms with Gasteiger partial charge in [-0.05, 0) is 37.8 Å². The number of nitrogens with zero attached hydrogens (tertiary/aromatic N) is 3. The van der Waals surface area contributed by atoms with E-state index in [0.717, 1.165) is 32.6 Å². The average molecular weight is 359 g/mol. The maximum absolute atomic E-state index is 4.79. The summed E-state index contributed by atoms with van der Waals surface area (Å²) in [5.74, 6) is 0.699. The molecular weight excluding hydrogens is 328 g/mol. The lowest BCUT2D eigenvalue weighted by atomic mass is 9.78. The summed E-state index contributed by atoms with van der Waals surface area (Å²) in [6, 6.07) is 4.54. The summed E-state index contributed by atoms with van der Waals surface area (Å²) in [4.78, 5) is 16.5. The van der Waals surface area contributed by atoms with E-state index >= 15 is 0 Å². The lowest BCUT2D eigenvalue weighted by Gasteiger charge is -2.51. The van der Waals surface area contributed by atoms with Crippen LogP contribution in [0.15, 0.2) is 18.5 Å². The zero-order chi connectivity index (χ0) is 17.4. The first-order valence-electron chi connectivity index (χ1n) is 9.62. The third-order valence-electron chi connectivity index (χ3n) is 5.84.